The van der Waals surface area contributed by atoms with Gasteiger partial charge < -0.3 is 0 Å². The average Bonchev–Trinajstić information content (AvgIpc) is 2.89. The summed E-state index contributed by atoms with van der Waals surface area (Å²) >= 11 is 0. The molecule has 0 saturated heterocycles. The fourth-order valence-corrected chi connectivity index (χ4v) is 4.67. The summed E-state index contributed by atoms with van der Waals surface area (Å²) in [6.07, 6.45) is 0.686. The minimum atomic E-state index is -0.227. The number of hydrogen-bond acceptors (Lipinski definition) is 1. The molecular formula is C31H23N-4. The maximum Gasteiger partial charge on any atom is 0.0558 e. The van der Waals surface area contributed by atoms with Gasteiger partial charge in [0, 0.05) is 5.92 Å². The zero-order chi connectivity index (χ0) is 21.8. The second-order valence-electron chi connectivity index (χ2n) is 7.99. The summed E-state index contributed by atoms with van der Waals surface area (Å²) in [5.74, 6) is 4.47. The van der Waals surface area contributed by atoms with Crippen molar-refractivity contribution in [3.8, 4) is 6.07 Å². The van der Waals surface area contributed by atoms with E-state index in [0.29, 0.717) is 6.42 Å². The van der Waals surface area contributed by atoms with Crippen LogP contribution in [-0.4, -0.2) is 0 Å². The Morgan fingerprint density at radius 3 is 1.41 bits per heavy atom. The van der Waals surface area contributed by atoms with Crippen LogP contribution in [0.2, 0.25) is 0 Å². The van der Waals surface area contributed by atoms with Gasteiger partial charge in [-0.05, 0) is 0 Å². The second-order valence-corrected chi connectivity index (χ2v) is 7.99. The lowest BCUT2D eigenvalue weighted by atomic mass is 9.55. The molecule has 0 bridgehead atoms. The van der Waals surface area contributed by atoms with Gasteiger partial charge in [-0.15, -0.1) is 48.5 Å². The van der Waals surface area contributed by atoms with Gasteiger partial charge in [-0.1, -0.05) is 30.7 Å². The Balaban J connectivity index is 1.74. The van der Waals surface area contributed by atoms with Crippen LogP contribution in [0.4, 0.5) is 0 Å². The largest absolute Gasteiger partial charge is 0.241 e. The van der Waals surface area contributed by atoms with Crippen LogP contribution in [0.1, 0.15) is 28.7 Å². The van der Waals surface area contributed by atoms with Crippen molar-refractivity contribution < 1.29 is 0 Å². The minimum Gasteiger partial charge on any atom is -0.241 e. The first-order valence-corrected chi connectivity index (χ1v) is 11.0. The molecule has 0 aromatic heterocycles. The van der Waals surface area contributed by atoms with E-state index < -0.39 is 0 Å². The molecule has 32 heavy (non-hydrogen) atoms. The van der Waals surface area contributed by atoms with Crippen LogP contribution >= 0.6 is 0 Å². The molecule has 0 N–H and O–H groups in total. The summed E-state index contributed by atoms with van der Waals surface area (Å²) < 4.78 is 0. The molecule has 0 aliphatic heterocycles. The predicted octanol–water partition coefficient (Wildman–Crippen LogP) is 7.02. The van der Waals surface area contributed by atoms with Gasteiger partial charge >= 0.3 is 0 Å². The highest BCUT2D eigenvalue weighted by Crippen LogP contribution is 2.57. The van der Waals surface area contributed by atoms with Gasteiger partial charge in [-0.2, -0.15) is 70.8 Å². The summed E-state index contributed by atoms with van der Waals surface area (Å²) in [5.41, 5.74) is 4.60. The van der Waals surface area contributed by atoms with Crippen LogP contribution < -0.4 is 0 Å². The van der Waals surface area contributed by atoms with Crippen molar-refractivity contribution in [1.29, 1.82) is 5.26 Å². The number of nitrogens with zero attached hydrogens (tertiary/aromatic N) is 1. The summed E-state index contributed by atoms with van der Waals surface area (Å²) in [6, 6.07) is 44.6. The highest BCUT2D eigenvalue weighted by Gasteiger charge is 2.31. The molecule has 1 aliphatic rings. The van der Waals surface area contributed by atoms with Gasteiger partial charge in [-0.3, -0.25) is 0 Å². The summed E-state index contributed by atoms with van der Waals surface area (Å²) in [5, 5.41) is 10.3. The topological polar surface area (TPSA) is 23.8 Å². The number of rotatable bonds is 4. The fraction of sp³-hybridized carbons (Fsp3) is 0.0645. The van der Waals surface area contributed by atoms with Gasteiger partial charge in [0.05, 0.1) is 6.07 Å². The monoisotopic (exact) mass is 409 g/mol. The molecule has 0 spiro atoms. The third-order valence-electron chi connectivity index (χ3n) is 6.07. The van der Waals surface area contributed by atoms with E-state index in [4.69, 9.17) is 0 Å². The maximum atomic E-state index is 10.3. The molecule has 1 fully saturated rings. The summed E-state index contributed by atoms with van der Waals surface area (Å²) in [4.78, 5) is 0. The standard InChI is InChI=1S/C31H23N/c32-22-27-21-28(23-13-5-1-6-14-23)30(25-17-9-3-10-18-25)31(26-19-11-4-12-20-26)29(27)24-15-7-2-8-16-24/h1-20,27H,21H2/q-4. The van der Waals surface area contributed by atoms with Gasteiger partial charge in [0.15, 0.2) is 0 Å². The number of benzene rings is 4. The van der Waals surface area contributed by atoms with Crippen molar-refractivity contribution in [2.75, 3.05) is 0 Å². The van der Waals surface area contributed by atoms with E-state index in [1.54, 1.807) is 0 Å². The van der Waals surface area contributed by atoms with E-state index in [0.717, 1.165) is 23.0 Å². The zero-order valence-electron chi connectivity index (χ0n) is 17.8. The van der Waals surface area contributed by atoms with Gasteiger partial charge in [0.25, 0.3) is 0 Å². The van der Waals surface area contributed by atoms with Crippen LogP contribution in [0.3, 0.4) is 0 Å². The Kier molecular flexibility index (Phi) is 5.52. The summed E-state index contributed by atoms with van der Waals surface area (Å²) in [6.45, 7) is 0. The molecule has 1 aliphatic carbocycles. The van der Waals surface area contributed by atoms with Crippen molar-refractivity contribution in [3.63, 3.8) is 0 Å². The lowest BCUT2D eigenvalue weighted by molar-refractivity contribution is 0.586. The first kappa shape index (κ1) is 19.8. The number of nitriles is 1. The Hall–Kier alpha value is -4.15. The van der Waals surface area contributed by atoms with E-state index in [-0.39, 0.29) is 5.92 Å². The highest BCUT2D eigenvalue weighted by atomic mass is 14.5. The van der Waals surface area contributed by atoms with Crippen molar-refractivity contribution in [1.82, 2.24) is 0 Å². The minimum absolute atomic E-state index is 0.227. The smallest absolute Gasteiger partial charge is 0.0558 e. The van der Waals surface area contributed by atoms with E-state index in [1.165, 1.54) is 23.0 Å². The molecule has 1 unspecified atom stereocenters. The lowest BCUT2D eigenvalue weighted by Gasteiger charge is -2.64. The number of hydrogen-bond donors (Lipinski definition) is 0. The summed E-state index contributed by atoms with van der Waals surface area (Å²) in [7, 11) is 0. The molecule has 0 radical (unpaired) electrons. The van der Waals surface area contributed by atoms with Crippen molar-refractivity contribution >= 4 is 0 Å². The maximum absolute atomic E-state index is 10.3. The van der Waals surface area contributed by atoms with Crippen LogP contribution in [0.5, 0.6) is 0 Å². The van der Waals surface area contributed by atoms with Crippen LogP contribution in [0, 0.1) is 40.9 Å². The molecule has 5 rings (SSSR count). The van der Waals surface area contributed by atoms with Gasteiger partial charge in [0.1, 0.15) is 0 Å². The van der Waals surface area contributed by atoms with E-state index in [2.05, 4.69) is 109 Å². The fourth-order valence-electron chi connectivity index (χ4n) is 4.67. The molecule has 4 aromatic carbocycles. The van der Waals surface area contributed by atoms with Gasteiger partial charge in [0.2, 0.25) is 0 Å². The van der Waals surface area contributed by atoms with E-state index >= 15 is 0 Å². The second kappa shape index (κ2) is 8.92. The molecule has 4 aromatic rings. The Bertz CT molecular complexity index is 1160. The molecule has 0 amide bonds. The molecule has 1 atom stereocenters. The highest BCUT2D eigenvalue weighted by molar-refractivity contribution is 5.71. The Morgan fingerprint density at radius 2 is 0.938 bits per heavy atom. The molecule has 0 heterocycles. The van der Waals surface area contributed by atoms with Crippen LogP contribution in [-0.2, 0) is 0 Å². The quantitative estimate of drug-likeness (QED) is 0.332. The van der Waals surface area contributed by atoms with E-state index in [1.807, 2.05) is 18.2 Å². The predicted molar refractivity (Wildman–Crippen MR) is 129 cm³/mol. The third kappa shape index (κ3) is 3.68. The average molecular weight is 410 g/mol. The van der Waals surface area contributed by atoms with Crippen LogP contribution in [0.25, 0.3) is 0 Å². The normalized spacial score (nSPS) is 16.0. The molecule has 1 nitrogen and oxygen atoms in total. The Morgan fingerprint density at radius 1 is 0.531 bits per heavy atom. The lowest BCUT2D eigenvalue weighted by Crippen LogP contribution is -2.37. The molecule has 1 heteroatoms. The first-order valence-electron chi connectivity index (χ1n) is 11.0. The van der Waals surface area contributed by atoms with Gasteiger partial charge in [-0.25, -0.2) is 28.9 Å². The van der Waals surface area contributed by atoms with Crippen molar-refractivity contribution in [3.05, 3.63) is 167 Å². The zero-order valence-corrected chi connectivity index (χ0v) is 17.8. The van der Waals surface area contributed by atoms with Crippen molar-refractivity contribution in [2.24, 2.45) is 5.92 Å². The van der Waals surface area contributed by atoms with Crippen molar-refractivity contribution in [2.45, 2.75) is 6.42 Å². The van der Waals surface area contributed by atoms with Crippen LogP contribution in [0.15, 0.2) is 121 Å². The SMILES string of the molecule is N#CC1C[C-](c2ccccc2)[C-](c2ccccc2)[C-](c2ccccc2)[C-]1c1ccccc1. The molecule has 156 valence electrons. The molecule has 1 saturated carbocycles. The third-order valence-corrected chi connectivity index (χ3v) is 6.07. The Labute approximate surface area is 191 Å². The van der Waals surface area contributed by atoms with E-state index in [9.17, 15) is 5.26 Å². The first-order chi connectivity index (χ1) is 15.9. The molecular weight excluding hydrogens is 386 g/mol.